The number of halogens is 2. The SMILES string of the molecule is CCCS(=O)(=O)Nc1cc(F)cc(NC(=O)c2csc3c(N)ncnc23)c1Cl. The number of rotatable bonds is 6. The second-order valence-corrected chi connectivity index (χ2v) is 8.88. The summed E-state index contributed by atoms with van der Waals surface area (Å²) in [5.41, 5.74) is 6.08. The number of nitrogens with zero attached hydrogens (tertiary/aromatic N) is 2. The number of hydrogen-bond acceptors (Lipinski definition) is 7. The molecule has 28 heavy (non-hydrogen) atoms. The Balaban J connectivity index is 1.93. The van der Waals surface area contributed by atoms with Gasteiger partial charge in [-0.25, -0.2) is 22.8 Å². The van der Waals surface area contributed by atoms with Crippen molar-refractivity contribution in [1.82, 2.24) is 9.97 Å². The summed E-state index contributed by atoms with van der Waals surface area (Å²) in [5, 5.41) is 3.89. The van der Waals surface area contributed by atoms with Gasteiger partial charge in [-0.05, 0) is 18.6 Å². The zero-order chi connectivity index (χ0) is 20.5. The molecule has 0 bridgehead atoms. The lowest BCUT2D eigenvalue weighted by molar-refractivity contribution is 0.102. The third-order valence-electron chi connectivity index (χ3n) is 3.65. The maximum absolute atomic E-state index is 14.0. The first kappa shape index (κ1) is 20.2. The lowest BCUT2D eigenvalue weighted by Crippen LogP contribution is -2.17. The van der Waals surface area contributed by atoms with Crippen LogP contribution < -0.4 is 15.8 Å². The Morgan fingerprint density at radius 1 is 1.32 bits per heavy atom. The second-order valence-electron chi connectivity index (χ2n) is 5.78. The Morgan fingerprint density at radius 3 is 2.75 bits per heavy atom. The monoisotopic (exact) mass is 443 g/mol. The van der Waals surface area contributed by atoms with Gasteiger partial charge in [0.05, 0.1) is 37.9 Å². The van der Waals surface area contributed by atoms with Gasteiger partial charge in [-0.3, -0.25) is 9.52 Å². The third kappa shape index (κ3) is 4.16. The molecule has 12 heteroatoms. The van der Waals surface area contributed by atoms with E-state index in [9.17, 15) is 17.6 Å². The summed E-state index contributed by atoms with van der Waals surface area (Å²) in [6.45, 7) is 1.69. The molecular formula is C16H15ClFN5O3S2. The summed E-state index contributed by atoms with van der Waals surface area (Å²) in [6.07, 6.45) is 1.61. The highest BCUT2D eigenvalue weighted by Gasteiger charge is 2.20. The molecular weight excluding hydrogens is 429 g/mol. The van der Waals surface area contributed by atoms with Crippen molar-refractivity contribution in [3.05, 3.63) is 40.2 Å². The van der Waals surface area contributed by atoms with E-state index in [1.807, 2.05) is 0 Å². The summed E-state index contributed by atoms with van der Waals surface area (Å²) in [6, 6.07) is 1.94. The van der Waals surface area contributed by atoms with Gasteiger partial charge in [-0.2, -0.15) is 0 Å². The van der Waals surface area contributed by atoms with Gasteiger partial charge in [0.2, 0.25) is 10.0 Å². The first-order valence-electron chi connectivity index (χ1n) is 8.00. The predicted molar refractivity (Wildman–Crippen MR) is 109 cm³/mol. The van der Waals surface area contributed by atoms with Crippen LogP contribution in [0.1, 0.15) is 23.7 Å². The van der Waals surface area contributed by atoms with Crippen LogP contribution in [0.25, 0.3) is 10.2 Å². The number of hydrogen-bond donors (Lipinski definition) is 3. The van der Waals surface area contributed by atoms with Crippen molar-refractivity contribution in [3.8, 4) is 0 Å². The van der Waals surface area contributed by atoms with Gasteiger partial charge in [0, 0.05) is 5.38 Å². The Kier molecular flexibility index (Phi) is 5.68. The number of benzene rings is 1. The van der Waals surface area contributed by atoms with E-state index in [0.29, 0.717) is 16.6 Å². The zero-order valence-electron chi connectivity index (χ0n) is 14.5. The number of amides is 1. The van der Waals surface area contributed by atoms with Crippen LogP contribution >= 0.6 is 22.9 Å². The summed E-state index contributed by atoms with van der Waals surface area (Å²) in [4.78, 5) is 20.5. The Morgan fingerprint density at radius 2 is 2.04 bits per heavy atom. The van der Waals surface area contributed by atoms with Crippen molar-refractivity contribution < 1.29 is 17.6 Å². The highest BCUT2D eigenvalue weighted by Crippen LogP contribution is 2.34. The Bertz CT molecular complexity index is 1170. The van der Waals surface area contributed by atoms with Crippen LogP contribution in [-0.2, 0) is 10.0 Å². The normalized spacial score (nSPS) is 11.5. The lowest BCUT2D eigenvalue weighted by atomic mass is 10.2. The molecule has 0 atom stereocenters. The average Bonchev–Trinajstić information content (AvgIpc) is 3.04. The largest absolute Gasteiger partial charge is 0.382 e. The molecule has 0 saturated carbocycles. The van der Waals surface area contributed by atoms with Crippen LogP contribution in [0.5, 0.6) is 0 Å². The fourth-order valence-electron chi connectivity index (χ4n) is 2.46. The molecule has 3 aromatic rings. The molecule has 0 radical (unpaired) electrons. The first-order chi connectivity index (χ1) is 13.2. The van der Waals surface area contributed by atoms with Crippen molar-refractivity contribution in [3.63, 3.8) is 0 Å². The number of sulfonamides is 1. The molecule has 0 fully saturated rings. The average molecular weight is 444 g/mol. The third-order valence-corrected chi connectivity index (χ3v) is 6.53. The lowest BCUT2D eigenvalue weighted by Gasteiger charge is -2.13. The molecule has 0 saturated heterocycles. The zero-order valence-corrected chi connectivity index (χ0v) is 16.9. The summed E-state index contributed by atoms with van der Waals surface area (Å²) in [7, 11) is -3.69. The van der Waals surface area contributed by atoms with Gasteiger partial charge >= 0.3 is 0 Å². The van der Waals surface area contributed by atoms with E-state index in [0.717, 1.165) is 12.1 Å². The van der Waals surface area contributed by atoms with Crippen LogP contribution in [0.4, 0.5) is 21.6 Å². The van der Waals surface area contributed by atoms with Gasteiger partial charge in [0.15, 0.2) is 0 Å². The maximum Gasteiger partial charge on any atom is 0.258 e. The molecule has 0 unspecified atom stereocenters. The van der Waals surface area contributed by atoms with Crippen molar-refractivity contribution in [1.29, 1.82) is 0 Å². The molecule has 0 spiro atoms. The first-order valence-corrected chi connectivity index (χ1v) is 10.9. The van der Waals surface area contributed by atoms with E-state index < -0.39 is 21.7 Å². The van der Waals surface area contributed by atoms with Crippen molar-refractivity contribution in [2.24, 2.45) is 0 Å². The van der Waals surface area contributed by atoms with Gasteiger partial charge in [0.25, 0.3) is 5.91 Å². The molecule has 0 aliphatic carbocycles. The maximum atomic E-state index is 14.0. The Labute approximate surface area is 169 Å². The number of carbonyl (C=O) groups is 1. The van der Waals surface area contributed by atoms with E-state index in [1.165, 1.54) is 17.7 Å². The number of nitrogen functional groups attached to an aromatic ring is 1. The Hall–Kier alpha value is -2.50. The van der Waals surface area contributed by atoms with Crippen LogP contribution in [0.3, 0.4) is 0 Å². The minimum absolute atomic E-state index is 0.0813. The quantitative estimate of drug-likeness (QED) is 0.535. The van der Waals surface area contributed by atoms with Gasteiger partial charge in [-0.15, -0.1) is 11.3 Å². The summed E-state index contributed by atoms with van der Waals surface area (Å²) in [5.74, 6) is -1.27. The molecule has 3 rings (SSSR count). The topological polar surface area (TPSA) is 127 Å². The molecule has 2 aromatic heterocycles. The van der Waals surface area contributed by atoms with Gasteiger partial charge in [0.1, 0.15) is 18.0 Å². The van der Waals surface area contributed by atoms with Crippen LogP contribution in [0.2, 0.25) is 5.02 Å². The molecule has 2 heterocycles. The van der Waals surface area contributed by atoms with Crippen LogP contribution in [0, 0.1) is 5.82 Å². The number of aromatic nitrogens is 2. The molecule has 1 aromatic carbocycles. The second kappa shape index (κ2) is 7.86. The minimum Gasteiger partial charge on any atom is -0.382 e. The number of fused-ring (bicyclic) bond motifs is 1. The van der Waals surface area contributed by atoms with Crippen molar-refractivity contribution >= 4 is 66.3 Å². The summed E-state index contributed by atoms with van der Waals surface area (Å²) < 4.78 is 40.7. The van der Waals surface area contributed by atoms with E-state index in [-0.39, 0.29) is 33.5 Å². The fourth-order valence-corrected chi connectivity index (χ4v) is 4.76. The molecule has 148 valence electrons. The molecule has 1 amide bonds. The molecule has 0 aliphatic rings. The minimum atomic E-state index is -3.69. The molecule has 0 aliphatic heterocycles. The van der Waals surface area contributed by atoms with E-state index in [2.05, 4.69) is 20.0 Å². The van der Waals surface area contributed by atoms with E-state index in [4.69, 9.17) is 17.3 Å². The number of nitrogens with one attached hydrogen (secondary N) is 2. The van der Waals surface area contributed by atoms with Gasteiger partial charge < -0.3 is 11.1 Å². The van der Waals surface area contributed by atoms with Crippen LogP contribution in [-0.4, -0.2) is 30.0 Å². The molecule has 4 N–H and O–H groups in total. The number of nitrogens with two attached hydrogens (primary N) is 1. The highest BCUT2D eigenvalue weighted by molar-refractivity contribution is 7.92. The van der Waals surface area contributed by atoms with E-state index >= 15 is 0 Å². The van der Waals surface area contributed by atoms with Crippen molar-refractivity contribution in [2.45, 2.75) is 13.3 Å². The predicted octanol–water partition coefficient (Wildman–Crippen LogP) is 3.47. The number of anilines is 3. The smallest absolute Gasteiger partial charge is 0.258 e. The van der Waals surface area contributed by atoms with Gasteiger partial charge in [-0.1, -0.05) is 18.5 Å². The summed E-state index contributed by atoms with van der Waals surface area (Å²) >= 11 is 7.38. The molecule has 8 nitrogen and oxygen atoms in total. The van der Waals surface area contributed by atoms with Crippen LogP contribution in [0.15, 0.2) is 23.8 Å². The number of carbonyl (C=O) groups excluding carboxylic acids is 1. The highest BCUT2D eigenvalue weighted by atomic mass is 35.5. The van der Waals surface area contributed by atoms with Crippen molar-refractivity contribution in [2.75, 3.05) is 21.5 Å². The number of thiophene rings is 1. The standard InChI is InChI=1S/C16H15ClFN5O3S2/c1-2-3-28(25,26)23-11-5-8(18)4-10(12(11)17)22-16(24)9-6-27-14-13(9)20-7-21-15(14)19/h4-7,23H,2-3H2,1H3,(H,22,24)(H2,19,20,21). The van der Waals surface area contributed by atoms with E-state index in [1.54, 1.807) is 12.3 Å². The fraction of sp³-hybridized carbons (Fsp3) is 0.188.